The lowest BCUT2D eigenvalue weighted by Crippen LogP contribution is -2.71. The molecule has 0 saturated heterocycles. The molecular weight excluding hydrogens is 630 g/mol. The second-order valence-corrected chi connectivity index (χ2v) is 15.2. The third-order valence-corrected chi connectivity index (χ3v) is 11.2. The summed E-state index contributed by atoms with van der Waals surface area (Å²) in [7, 11) is 0. The van der Waals surface area contributed by atoms with E-state index >= 15 is 0 Å². The summed E-state index contributed by atoms with van der Waals surface area (Å²) in [6, 6.07) is 13.1. The van der Waals surface area contributed by atoms with Crippen LogP contribution in [-0.4, -0.2) is 82.5 Å². The Bertz CT molecular complexity index is 1440. The minimum Gasteiger partial charge on any atom is -0.508 e. The zero-order valence-corrected chi connectivity index (χ0v) is 28.3. The summed E-state index contributed by atoms with van der Waals surface area (Å²) in [5, 5.41) is 28.4. The van der Waals surface area contributed by atoms with Gasteiger partial charge in [-0.2, -0.15) is 11.8 Å². The fourth-order valence-electron chi connectivity index (χ4n) is 8.80. The minimum absolute atomic E-state index is 0.107. The second kappa shape index (κ2) is 15.4. The maximum atomic E-state index is 14.5. The molecule has 4 aliphatic carbocycles. The van der Waals surface area contributed by atoms with Gasteiger partial charge in [-0.25, -0.2) is 0 Å². The zero-order chi connectivity index (χ0) is 34.5. The van der Waals surface area contributed by atoms with Gasteiger partial charge in [-0.3, -0.25) is 19.2 Å². The first-order valence-corrected chi connectivity index (χ1v) is 18.2. The highest BCUT2D eigenvalue weighted by molar-refractivity contribution is 7.98. The molecular formula is C36H49N5O6S. The first-order valence-electron chi connectivity index (χ1n) is 16.8. The van der Waals surface area contributed by atoms with E-state index in [1.54, 1.807) is 12.1 Å². The summed E-state index contributed by atoms with van der Waals surface area (Å²) < 4.78 is 0. The van der Waals surface area contributed by atoms with Crippen molar-refractivity contribution in [3.8, 4) is 5.75 Å². The van der Waals surface area contributed by atoms with Crippen LogP contribution in [0.5, 0.6) is 5.75 Å². The fourth-order valence-corrected chi connectivity index (χ4v) is 9.27. The van der Waals surface area contributed by atoms with Crippen LogP contribution in [0.4, 0.5) is 0 Å². The molecule has 12 heteroatoms. The molecule has 4 aliphatic rings. The Balaban J connectivity index is 1.24. The number of aliphatic hydroxyl groups is 1. The molecule has 260 valence electrons. The highest BCUT2D eigenvalue weighted by Crippen LogP contribution is 2.63. The van der Waals surface area contributed by atoms with Crippen LogP contribution in [0.15, 0.2) is 54.6 Å². The molecule has 3 unspecified atom stereocenters. The van der Waals surface area contributed by atoms with Crippen molar-refractivity contribution < 1.29 is 29.4 Å². The molecule has 0 radical (unpaired) electrons. The average molecular weight is 680 g/mol. The monoisotopic (exact) mass is 679 g/mol. The first kappa shape index (κ1) is 35.8. The van der Waals surface area contributed by atoms with Crippen molar-refractivity contribution in [3.63, 3.8) is 0 Å². The van der Waals surface area contributed by atoms with Gasteiger partial charge in [-0.1, -0.05) is 42.5 Å². The van der Waals surface area contributed by atoms with Crippen molar-refractivity contribution in [3.05, 3.63) is 65.7 Å². The molecule has 0 spiro atoms. The summed E-state index contributed by atoms with van der Waals surface area (Å²) in [5.41, 5.74) is 13.5. The summed E-state index contributed by atoms with van der Waals surface area (Å²) in [6.45, 7) is -0.504. The molecule has 4 saturated carbocycles. The van der Waals surface area contributed by atoms with Gasteiger partial charge in [-0.05, 0) is 98.5 Å². The summed E-state index contributed by atoms with van der Waals surface area (Å²) in [4.78, 5) is 54.1. The van der Waals surface area contributed by atoms with Crippen LogP contribution < -0.4 is 27.4 Å². The molecule has 9 N–H and O–H groups in total. The third-order valence-electron chi connectivity index (χ3n) is 10.5. The average Bonchev–Trinajstić information content (AvgIpc) is 3.05. The van der Waals surface area contributed by atoms with Crippen LogP contribution in [-0.2, 0) is 32.0 Å². The van der Waals surface area contributed by atoms with E-state index in [1.165, 1.54) is 23.9 Å². The maximum Gasteiger partial charge on any atom is 0.243 e. The third kappa shape index (κ3) is 8.22. The van der Waals surface area contributed by atoms with Crippen molar-refractivity contribution >= 4 is 35.3 Å². The van der Waals surface area contributed by atoms with E-state index in [0.717, 1.165) is 43.2 Å². The molecule has 0 heterocycles. The summed E-state index contributed by atoms with van der Waals surface area (Å²) >= 11 is 1.52. The van der Waals surface area contributed by atoms with Crippen molar-refractivity contribution in [2.45, 2.75) is 75.0 Å². The molecule has 3 amide bonds. The lowest BCUT2D eigenvalue weighted by atomic mass is 9.41. The Morgan fingerprint density at radius 2 is 1.54 bits per heavy atom. The standard InChI is InChI=1S/C36H49N5O6S/c1-48-12-11-28(41-33(46)27(37)14-23-7-9-26(43)10-8-23)34(47)39-20-30(44)40-29(15-22-5-3-2-4-6-22)31(45)32-35(21-42)16-24-13-25(17-35)19-36(32,38)18-24/h2-10,24-25,27-29,32,42-43H,11-21,37-38H2,1H3,(H,39,47)(H,40,44)(H,41,46)/t24?,25?,27-,28+,29-,32?,35?,36?/m0/s1. The quantitative estimate of drug-likeness (QED) is 0.137. The summed E-state index contributed by atoms with van der Waals surface area (Å²) in [5.74, 6) is -0.828. The smallest absolute Gasteiger partial charge is 0.243 e. The number of phenolic OH excluding ortho intramolecular Hbond substituents is 1. The molecule has 6 rings (SSSR count). The van der Waals surface area contributed by atoms with Crippen molar-refractivity contribution in [2.24, 2.45) is 34.6 Å². The number of thioether (sulfide) groups is 1. The Labute approximate surface area is 286 Å². The van der Waals surface area contributed by atoms with E-state index in [0.29, 0.717) is 24.0 Å². The molecule has 0 aliphatic heterocycles. The normalized spacial score (nSPS) is 27.5. The first-order chi connectivity index (χ1) is 22.9. The molecule has 4 bridgehead atoms. The van der Waals surface area contributed by atoms with Crippen LogP contribution >= 0.6 is 11.8 Å². The van der Waals surface area contributed by atoms with E-state index in [9.17, 15) is 29.4 Å². The molecule has 0 aromatic heterocycles. The van der Waals surface area contributed by atoms with Gasteiger partial charge in [0, 0.05) is 23.5 Å². The predicted octanol–water partition coefficient (Wildman–Crippen LogP) is 1.43. The Morgan fingerprint density at radius 1 is 0.896 bits per heavy atom. The van der Waals surface area contributed by atoms with Gasteiger partial charge in [0.05, 0.1) is 18.6 Å². The Hall–Kier alpha value is -3.45. The molecule has 11 nitrogen and oxygen atoms in total. The van der Waals surface area contributed by atoms with Gasteiger partial charge in [-0.15, -0.1) is 0 Å². The number of aromatic hydroxyl groups is 1. The number of hydrogen-bond acceptors (Lipinski definition) is 9. The molecule has 4 fully saturated rings. The number of amides is 3. The Morgan fingerprint density at radius 3 is 2.17 bits per heavy atom. The SMILES string of the molecule is CSCC[C@@H](NC(=O)[C@@H](N)Cc1ccc(O)cc1)C(=O)NCC(=O)N[C@@H](Cc1ccccc1)C(=O)C1C2(N)CC3CC(C2)CC1(CO)C3. The van der Waals surface area contributed by atoms with Gasteiger partial charge in [0.25, 0.3) is 0 Å². The topological polar surface area (TPSA) is 197 Å². The van der Waals surface area contributed by atoms with Gasteiger partial charge in [0.2, 0.25) is 17.7 Å². The van der Waals surface area contributed by atoms with Crippen LogP contribution in [0, 0.1) is 23.2 Å². The highest BCUT2D eigenvalue weighted by atomic mass is 32.2. The number of ketones is 1. The van der Waals surface area contributed by atoms with E-state index in [-0.39, 0.29) is 31.0 Å². The van der Waals surface area contributed by atoms with Crippen LogP contribution in [0.3, 0.4) is 0 Å². The van der Waals surface area contributed by atoms with Crippen molar-refractivity contribution in [2.75, 3.05) is 25.2 Å². The van der Waals surface area contributed by atoms with Crippen molar-refractivity contribution in [1.82, 2.24) is 16.0 Å². The molecule has 48 heavy (non-hydrogen) atoms. The van der Waals surface area contributed by atoms with Crippen LogP contribution in [0.25, 0.3) is 0 Å². The molecule has 2 aromatic rings. The number of nitrogens with one attached hydrogen (secondary N) is 3. The fraction of sp³-hybridized carbons (Fsp3) is 0.556. The Kier molecular flexibility index (Phi) is 11.5. The number of benzene rings is 2. The molecule has 6 atom stereocenters. The number of hydrogen-bond donors (Lipinski definition) is 7. The predicted molar refractivity (Wildman–Crippen MR) is 185 cm³/mol. The lowest BCUT2D eigenvalue weighted by Gasteiger charge is -2.64. The number of rotatable bonds is 16. The molecule has 2 aromatic carbocycles. The largest absolute Gasteiger partial charge is 0.508 e. The number of carbonyl (C=O) groups is 4. The van der Waals surface area contributed by atoms with Gasteiger partial charge in [0.1, 0.15) is 11.8 Å². The summed E-state index contributed by atoms with van der Waals surface area (Å²) in [6.07, 6.45) is 6.79. The minimum atomic E-state index is -0.926. The number of carbonyl (C=O) groups excluding carboxylic acids is 4. The van der Waals surface area contributed by atoms with Crippen molar-refractivity contribution in [1.29, 1.82) is 0 Å². The number of phenols is 1. The van der Waals surface area contributed by atoms with E-state index in [1.807, 2.05) is 36.6 Å². The maximum absolute atomic E-state index is 14.5. The van der Waals surface area contributed by atoms with E-state index in [2.05, 4.69) is 16.0 Å². The van der Waals surface area contributed by atoms with Gasteiger partial charge in [0.15, 0.2) is 5.78 Å². The van der Waals surface area contributed by atoms with E-state index in [4.69, 9.17) is 11.5 Å². The highest BCUT2D eigenvalue weighted by Gasteiger charge is 2.65. The van der Waals surface area contributed by atoms with Crippen LogP contribution in [0.1, 0.15) is 49.7 Å². The second-order valence-electron chi connectivity index (χ2n) is 14.2. The van der Waals surface area contributed by atoms with Crippen LogP contribution in [0.2, 0.25) is 0 Å². The number of Topliss-reactive ketones (excluding diaryl/α,β-unsaturated/α-hetero) is 1. The zero-order valence-electron chi connectivity index (χ0n) is 27.5. The van der Waals surface area contributed by atoms with Gasteiger partial charge < -0.3 is 37.6 Å². The van der Waals surface area contributed by atoms with Gasteiger partial charge >= 0.3 is 0 Å². The number of nitrogens with two attached hydrogens (primary N) is 2. The van der Waals surface area contributed by atoms with E-state index < -0.39 is 59.3 Å². The number of aliphatic hydroxyl groups excluding tert-OH is 1. The lowest BCUT2D eigenvalue weighted by molar-refractivity contribution is -0.167.